The molecule has 0 unspecified atom stereocenters. The van der Waals surface area contributed by atoms with E-state index >= 15 is 0 Å². The maximum Gasteiger partial charge on any atom is 0.331 e. The molecule has 0 spiro atoms. The Labute approximate surface area is 95.4 Å². The van der Waals surface area contributed by atoms with Crippen LogP contribution in [0.4, 0.5) is 0 Å². The molecule has 1 aromatic carbocycles. The van der Waals surface area contributed by atoms with Crippen molar-refractivity contribution in [3.05, 3.63) is 47.0 Å². The van der Waals surface area contributed by atoms with Crippen molar-refractivity contribution in [1.82, 2.24) is 0 Å². The highest BCUT2D eigenvalue weighted by molar-refractivity contribution is 5.82. The third kappa shape index (κ3) is 3.87. The molecule has 0 saturated heterocycles. The van der Waals surface area contributed by atoms with Gasteiger partial charge < -0.3 is 9.84 Å². The highest BCUT2D eigenvalue weighted by Gasteiger charge is 2.03. The van der Waals surface area contributed by atoms with Crippen LogP contribution < -0.4 is 0 Å². The van der Waals surface area contributed by atoms with Crippen molar-refractivity contribution in [2.45, 2.75) is 27.1 Å². The first-order valence-electron chi connectivity index (χ1n) is 5.12. The van der Waals surface area contributed by atoms with E-state index in [-0.39, 0.29) is 19.2 Å². The van der Waals surface area contributed by atoms with Gasteiger partial charge in [-0.15, -0.1) is 0 Å². The summed E-state index contributed by atoms with van der Waals surface area (Å²) in [6.07, 6.45) is 1.45. The van der Waals surface area contributed by atoms with E-state index in [2.05, 4.69) is 0 Å². The van der Waals surface area contributed by atoms with Crippen LogP contribution in [0, 0.1) is 0 Å². The minimum Gasteiger partial charge on any atom is -0.458 e. The number of hydrogen-bond acceptors (Lipinski definition) is 3. The van der Waals surface area contributed by atoms with E-state index in [4.69, 9.17) is 9.84 Å². The summed E-state index contributed by atoms with van der Waals surface area (Å²) in [6, 6.07) is 7.33. The Kier molecular flexibility index (Phi) is 4.73. The molecule has 0 radical (unpaired) electrons. The van der Waals surface area contributed by atoms with Crippen LogP contribution in [-0.4, -0.2) is 11.1 Å². The Bertz CT molecular complexity index is 390. The van der Waals surface area contributed by atoms with Gasteiger partial charge in [-0.3, -0.25) is 0 Å². The average Bonchev–Trinajstić information content (AvgIpc) is 2.26. The van der Waals surface area contributed by atoms with Crippen LogP contribution in [0.5, 0.6) is 0 Å². The molecule has 0 aromatic heterocycles. The van der Waals surface area contributed by atoms with Crippen molar-refractivity contribution in [1.29, 1.82) is 0 Å². The summed E-state index contributed by atoms with van der Waals surface area (Å²) >= 11 is 0. The standard InChI is InChI=1S/C13H16O3/c1-10(2)7-13(15)16-9-12-6-4-3-5-11(12)8-14/h3-7,14H,8-9H2,1-2H3. The molecule has 0 aliphatic heterocycles. The molecule has 0 bridgehead atoms. The van der Waals surface area contributed by atoms with Gasteiger partial charge in [0.15, 0.2) is 0 Å². The van der Waals surface area contributed by atoms with Gasteiger partial charge in [-0.25, -0.2) is 4.79 Å². The molecule has 1 aromatic rings. The molecule has 0 aliphatic carbocycles. The Balaban J connectivity index is 2.61. The first kappa shape index (κ1) is 12.5. The number of ether oxygens (including phenoxy) is 1. The van der Waals surface area contributed by atoms with Gasteiger partial charge in [-0.2, -0.15) is 0 Å². The lowest BCUT2D eigenvalue weighted by molar-refractivity contribution is -0.139. The van der Waals surface area contributed by atoms with E-state index in [1.54, 1.807) is 0 Å². The monoisotopic (exact) mass is 220 g/mol. The van der Waals surface area contributed by atoms with Crippen LogP contribution in [0.25, 0.3) is 0 Å². The van der Waals surface area contributed by atoms with E-state index < -0.39 is 0 Å². The summed E-state index contributed by atoms with van der Waals surface area (Å²) in [5.74, 6) is -0.354. The van der Waals surface area contributed by atoms with Crippen molar-refractivity contribution >= 4 is 5.97 Å². The SMILES string of the molecule is CC(C)=CC(=O)OCc1ccccc1CO. The van der Waals surface area contributed by atoms with Gasteiger partial charge in [0.1, 0.15) is 6.61 Å². The van der Waals surface area contributed by atoms with Gasteiger partial charge in [-0.05, 0) is 25.0 Å². The second-order valence-corrected chi connectivity index (χ2v) is 3.76. The van der Waals surface area contributed by atoms with Gasteiger partial charge in [0.25, 0.3) is 0 Å². The predicted molar refractivity (Wildman–Crippen MR) is 61.6 cm³/mol. The second-order valence-electron chi connectivity index (χ2n) is 3.76. The van der Waals surface area contributed by atoms with E-state index in [0.717, 1.165) is 16.7 Å². The molecular weight excluding hydrogens is 204 g/mol. The van der Waals surface area contributed by atoms with E-state index in [1.807, 2.05) is 38.1 Å². The zero-order valence-corrected chi connectivity index (χ0v) is 9.56. The minimum atomic E-state index is -0.354. The number of aliphatic hydroxyl groups is 1. The maximum absolute atomic E-state index is 11.3. The Morgan fingerprint density at radius 3 is 2.50 bits per heavy atom. The fourth-order valence-corrected chi connectivity index (χ4v) is 1.28. The zero-order valence-electron chi connectivity index (χ0n) is 9.56. The quantitative estimate of drug-likeness (QED) is 0.625. The lowest BCUT2D eigenvalue weighted by Gasteiger charge is -2.07. The number of hydrogen-bond donors (Lipinski definition) is 1. The van der Waals surface area contributed by atoms with E-state index in [0.29, 0.717) is 0 Å². The lowest BCUT2D eigenvalue weighted by atomic mass is 10.1. The predicted octanol–water partition coefficient (Wildman–Crippen LogP) is 2.19. The first-order chi connectivity index (χ1) is 7.63. The summed E-state index contributed by atoms with van der Waals surface area (Å²) < 4.78 is 5.05. The van der Waals surface area contributed by atoms with Gasteiger partial charge in [-0.1, -0.05) is 29.8 Å². The number of esters is 1. The largest absolute Gasteiger partial charge is 0.458 e. The summed E-state index contributed by atoms with van der Waals surface area (Å²) in [7, 11) is 0. The normalized spacial score (nSPS) is 9.69. The molecule has 0 aliphatic rings. The maximum atomic E-state index is 11.3. The number of carbonyl (C=O) groups excluding carboxylic acids is 1. The average molecular weight is 220 g/mol. The van der Waals surface area contributed by atoms with Crippen molar-refractivity contribution in [3.8, 4) is 0 Å². The smallest absolute Gasteiger partial charge is 0.331 e. The van der Waals surface area contributed by atoms with Gasteiger partial charge in [0.2, 0.25) is 0 Å². The van der Waals surface area contributed by atoms with E-state index in [9.17, 15) is 4.79 Å². The van der Waals surface area contributed by atoms with Gasteiger partial charge in [0.05, 0.1) is 6.61 Å². The van der Waals surface area contributed by atoms with Crippen LogP contribution >= 0.6 is 0 Å². The third-order valence-corrected chi connectivity index (χ3v) is 2.07. The zero-order chi connectivity index (χ0) is 12.0. The highest BCUT2D eigenvalue weighted by Crippen LogP contribution is 2.10. The van der Waals surface area contributed by atoms with Crippen molar-refractivity contribution in [2.24, 2.45) is 0 Å². The molecule has 1 rings (SSSR count). The molecule has 0 saturated carbocycles. The Morgan fingerprint density at radius 1 is 1.31 bits per heavy atom. The molecule has 0 heterocycles. The molecule has 86 valence electrons. The molecule has 0 amide bonds. The topological polar surface area (TPSA) is 46.5 Å². The van der Waals surface area contributed by atoms with Crippen LogP contribution in [0.1, 0.15) is 25.0 Å². The molecule has 16 heavy (non-hydrogen) atoms. The molecule has 3 heteroatoms. The number of carbonyl (C=O) groups is 1. The lowest BCUT2D eigenvalue weighted by Crippen LogP contribution is -2.03. The minimum absolute atomic E-state index is 0.0453. The number of rotatable bonds is 4. The highest BCUT2D eigenvalue weighted by atomic mass is 16.5. The Morgan fingerprint density at radius 2 is 1.94 bits per heavy atom. The van der Waals surface area contributed by atoms with Crippen LogP contribution in [0.3, 0.4) is 0 Å². The number of allylic oxidation sites excluding steroid dienone is 1. The third-order valence-electron chi connectivity index (χ3n) is 2.07. The first-order valence-corrected chi connectivity index (χ1v) is 5.12. The fourth-order valence-electron chi connectivity index (χ4n) is 1.28. The van der Waals surface area contributed by atoms with Crippen LogP contribution in [0.2, 0.25) is 0 Å². The van der Waals surface area contributed by atoms with Crippen LogP contribution in [-0.2, 0) is 22.7 Å². The van der Waals surface area contributed by atoms with Crippen molar-refractivity contribution in [2.75, 3.05) is 0 Å². The molecule has 3 nitrogen and oxygen atoms in total. The molecule has 1 N–H and O–H groups in total. The summed E-state index contributed by atoms with van der Waals surface area (Å²) in [6.45, 7) is 3.82. The summed E-state index contributed by atoms with van der Waals surface area (Å²) in [5.41, 5.74) is 2.52. The summed E-state index contributed by atoms with van der Waals surface area (Å²) in [4.78, 5) is 11.3. The Hall–Kier alpha value is -1.61. The molecule has 0 fully saturated rings. The van der Waals surface area contributed by atoms with Crippen molar-refractivity contribution in [3.63, 3.8) is 0 Å². The molecular formula is C13H16O3. The summed E-state index contributed by atoms with van der Waals surface area (Å²) in [5, 5.41) is 9.08. The number of benzene rings is 1. The second kappa shape index (κ2) is 6.08. The van der Waals surface area contributed by atoms with Gasteiger partial charge in [0, 0.05) is 6.08 Å². The fraction of sp³-hybridized carbons (Fsp3) is 0.308. The van der Waals surface area contributed by atoms with Crippen LogP contribution in [0.15, 0.2) is 35.9 Å². The number of aliphatic hydroxyl groups excluding tert-OH is 1. The molecule has 0 atom stereocenters. The van der Waals surface area contributed by atoms with Gasteiger partial charge >= 0.3 is 5.97 Å². The van der Waals surface area contributed by atoms with Crippen molar-refractivity contribution < 1.29 is 14.6 Å². The van der Waals surface area contributed by atoms with E-state index in [1.165, 1.54) is 6.08 Å².